The quantitative estimate of drug-likeness (QED) is 0.859. The van der Waals surface area contributed by atoms with E-state index in [2.05, 4.69) is 46.9 Å². The number of hydrogen-bond donors (Lipinski definition) is 0. The molecule has 0 spiro atoms. The molecule has 128 valence electrons. The van der Waals surface area contributed by atoms with Crippen molar-refractivity contribution in [3.8, 4) is 11.5 Å². The van der Waals surface area contributed by atoms with Gasteiger partial charge in [0.15, 0.2) is 0 Å². The third-order valence-electron chi connectivity index (χ3n) is 4.75. The maximum absolute atomic E-state index is 5.41. The van der Waals surface area contributed by atoms with Crippen LogP contribution in [0, 0.1) is 0 Å². The monoisotopic (exact) mass is 328 g/mol. The molecule has 0 aromatic carbocycles. The van der Waals surface area contributed by atoms with Crippen molar-refractivity contribution < 1.29 is 9.26 Å². The van der Waals surface area contributed by atoms with Gasteiger partial charge >= 0.3 is 0 Å². The zero-order chi connectivity index (χ0) is 16.9. The van der Waals surface area contributed by atoms with Crippen LogP contribution in [0.3, 0.4) is 0 Å². The first-order valence-corrected chi connectivity index (χ1v) is 8.58. The molecule has 4 rings (SSSR count). The Morgan fingerprint density at radius 2 is 2.00 bits per heavy atom. The minimum Gasteiger partial charge on any atom is -0.378 e. The number of methoxy groups -OCH3 is 1. The van der Waals surface area contributed by atoms with Crippen LogP contribution in [0.25, 0.3) is 11.5 Å². The van der Waals surface area contributed by atoms with E-state index in [0.29, 0.717) is 23.7 Å². The second kappa shape index (κ2) is 5.55. The molecule has 24 heavy (non-hydrogen) atoms. The molecular formula is C18H24N4O2. The number of ether oxygens (including phenoxy) is 1. The van der Waals surface area contributed by atoms with Crippen LogP contribution >= 0.6 is 0 Å². The van der Waals surface area contributed by atoms with Crippen molar-refractivity contribution in [3.63, 3.8) is 0 Å². The van der Waals surface area contributed by atoms with Gasteiger partial charge in [0.1, 0.15) is 5.69 Å². The van der Waals surface area contributed by atoms with Gasteiger partial charge in [-0.3, -0.25) is 4.98 Å². The summed E-state index contributed by atoms with van der Waals surface area (Å²) in [7, 11) is 1.77. The molecule has 6 nitrogen and oxygen atoms in total. The van der Waals surface area contributed by atoms with Crippen molar-refractivity contribution in [1.82, 2.24) is 15.1 Å². The molecule has 3 heterocycles. The molecule has 6 heteroatoms. The van der Waals surface area contributed by atoms with Gasteiger partial charge in [0.25, 0.3) is 0 Å². The molecule has 2 aromatic heterocycles. The third kappa shape index (κ3) is 2.79. The zero-order valence-corrected chi connectivity index (χ0v) is 14.7. The Kier molecular flexibility index (Phi) is 3.60. The van der Waals surface area contributed by atoms with Gasteiger partial charge in [-0.2, -0.15) is 4.98 Å². The maximum atomic E-state index is 5.41. The molecule has 0 bridgehead atoms. The van der Waals surface area contributed by atoms with Crippen LogP contribution in [-0.4, -0.2) is 41.4 Å². The number of aromatic nitrogens is 3. The van der Waals surface area contributed by atoms with Gasteiger partial charge in [-0.25, -0.2) is 0 Å². The molecule has 0 unspecified atom stereocenters. The Balaban J connectivity index is 1.66. The van der Waals surface area contributed by atoms with E-state index >= 15 is 0 Å². The van der Waals surface area contributed by atoms with E-state index in [1.54, 1.807) is 7.11 Å². The minimum absolute atomic E-state index is 0.162. The summed E-state index contributed by atoms with van der Waals surface area (Å²) in [5, 5.41) is 4.13. The van der Waals surface area contributed by atoms with Crippen LogP contribution in [0.1, 0.15) is 51.0 Å². The van der Waals surface area contributed by atoms with Gasteiger partial charge in [-0.1, -0.05) is 25.9 Å². The molecule has 0 radical (unpaired) electrons. The SMILES string of the molecule is COC1CN(c2cc(-c3noc(C(C)(C)C)n3)ncc2C2CC2)C1. The van der Waals surface area contributed by atoms with Crippen molar-refractivity contribution in [2.24, 2.45) is 0 Å². The Bertz CT molecular complexity index is 740. The van der Waals surface area contributed by atoms with E-state index in [4.69, 9.17) is 9.26 Å². The van der Waals surface area contributed by atoms with E-state index in [-0.39, 0.29) is 5.41 Å². The molecule has 1 saturated heterocycles. The molecule has 0 atom stereocenters. The highest BCUT2D eigenvalue weighted by Crippen LogP contribution is 2.45. The molecule has 0 N–H and O–H groups in total. The molecule has 1 aliphatic carbocycles. The largest absolute Gasteiger partial charge is 0.378 e. The Morgan fingerprint density at radius 3 is 2.58 bits per heavy atom. The predicted molar refractivity (Wildman–Crippen MR) is 91.2 cm³/mol. The number of rotatable bonds is 4. The lowest BCUT2D eigenvalue weighted by molar-refractivity contribution is 0.0787. The first-order chi connectivity index (χ1) is 11.5. The summed E-state index contributed by atoms with van der Waals surface area (Å²) in [6.45, 7) is 8.04. The van der Waals surface area contributed by atoms with E-state index in [0.717, 1.165) is 18.8 Å². The first-order valence-electron chi connectivity index (χ1n) is 8.58. The summed E-state index contributed by atoms with van der Waals surface area (Å²) in [5.41, 5.74) is 3.20. The highest BCUT2D eigenvalue weighted by atomic mass is 16.5. The zero-order valence-electron chi connectivity index (χ0n) is 14.7. The van der Waals surface area contributed by atoms with Gasteiger partial charge in [0.05, 0.1) is 6.10 Å². The van der Waals surface area contributed by atoms with Crippen molar-refractivity contribution in [2.75, 3.05) is 25.1 Å². The Labute approximate surface area is 142 Å². The maximum Gasteiger partial charge on any atom is 0.232 e. The summed E-state index contributed by atoms with van der Waals surface area (Å²) in [6.07, 6.45) is 4.83. The van der Waals surface area contributed by atoms with E-state index < -0.39 is 0 Å². The number of hydrogen-bond acceptors (Lipinski definition) is 6. The van der Waals surface area contributed by atoms with Crippen LogP contribution in [0.4, 0.5) is 5.69 Å². The van der Waals surface area contributed by atoms with E-state index in [1.807, 2.05) is 6.20 Å². The second-order valence-corrected chi connectivity index (χ2v) is 7.84. The number of anilines is 1. The van der Waals surface area contributed by atoms with Crippen molar-refractivity contribution in [2.45, 2.75) is 51.0 Å². The van der Waals surface area contributed by atoms with E-state index in [9.17, 15) is 0 Å². The highest BCUT2D eigenvalue weighted by Gasteiger charge is 2.34. The molecular weight excluding hydrogens is 304 g/mol. The second-order valence-electron chi connectivity index (χ2n) is 7.84. The topological polar surface area (TPSA) is 64.3 Å². The van der Waals surface area contributed by atoms with E-state index in [1.165, 1.54) is 24.1 Å². The van der Waals surface area contributed by atoms with Crippen molar-refractivity contribution in [3.05, 3.63) is 23.7 Å². The minimum atomic E-state index is -0.162. The summed E-state index contributed by atoms with van der Waals surface area (Å²) >= 11 is 0. The van der Waals surface area contributed by atoms with Crippen molar-refractivity contribution in [1.29, 1.82) is 0 Å². The molecule has 2 aliphatic rings. The molecule has 2 aromatic rings. The van der Waals surface area contributed by atoms with Gasteiger partial charge in [0, 0.05) is 37.5 Å². The highest BCUT2D eigenvalue weighted by molar-refractivity contribution is 5.65. The number of nitrogens with zero attached hydrogens (tertiary/aromatic N) is 4. The fraction of sp³-hybridized carbons (Fsp3) is 0.611. The molecule has 1 aliphatic heterocycles. The molecule has 2 fully saturated rings. The standard InChI is InChI=1S/C18H24N4O2/c1-18(2,3)17-20-16(21-24-17)14-7-15(22-9-12(10-22)23-4)13(8-19-14)11-5-6-11/h7-8,11-12H,5-6,9-10H2,1-4H3. The Morgan fingerprint density at radius 1 is 1.25 bits per heavy atom. The average Bonchev–Trinajstić information content (AvgIpc) is 3.20. The van der Waals surface area contributed by atoms with Gasteiger partial charge < -0.3 is 14.2 Å². The fourth-order valence-electron chi connectivity index (χ4n) is 2.98. The summed E-state index contributed by atoms with van der Waals surface area (Å²) in [4.78, 5) is 11.5. The van der Waals surface area contributed by atoms with Gasteiger partial charge in [-0.15, -0.1) is 0 Å². The predicted octanol–water partition coefficient (Wildman–Crippen LogP) is 3.14. The van der Waals surface area contributed by atoms with Crippen LogP contribution < -0.4 is 4.90 Å². The summed E-state index contributed by atoms with van der Waals surface area (Å²) in [5.74, 6) is 1.85. The van der Waals surface area contributed by atoms with Crippen LogP contribution in [0.2, 0.25) is 0 Å². The smallest absolute Gasteiger partial charge is 0.232 e. The van der Waals surface area contributed by atoms with Gasteiger partial charge in [0.2, 0.25) is 11.7 Å². The first kappa shape index (κ1) is 15.6. The molecule has 0 amide bonds. The number of pyridine rings is 1. The van der Waals surface area contributed by atoms with Crippen LogP contribution in [-0.2, 0) is 10.2 Å². The normalized spacial score (nSPS) is 18.8. The van der Waals surface area contributed by atoms with Crippen LogP contribution in [0.15, 0.2) is 16.8 Å². The molecule has 1 saturated carbocycles. The lowest BCUT2D eigenvalue weighted by Gasteiger charge is -2.41. The summed E-state index contributed by atoms with van der Waals surface area (Å²) in [6, 6.07) is 2.11. The Hall–Kier alpha value is -1.95. The lowest BCUT2D eigenvalue weighted by Crippen LogP contribution is -2.52. The summed E-state index contributed by atoms with van der Waals surface area (Å²) < 4.78 is 10.8. The lowest BCUT2D eigenvalue weighted by atomic mass is 9.97. The van der Waals surface area contributed by atoms with Crippen molar-refractivity contribution >= 4 is 5.69 Å². The third-order valence-corrected chi connectivity index (χ3v) is 4.75. The van der Waals surface area contributed by atoms with Crippen LogP contribution in [0.5, 0.6) is 0 Å². The van der Waals surface area contributed by atoms with Gasteiger partial charge in [-0.05, 0) is 30.4 Å². The average molecular weight is 328 g/mol. The fourth-order valence-corrected chi connectivity index (χ4v) is 2.98.